The molecule has 0 unspecified atom stereocenters. The van der Waals surface area contributed by atoms with Gasteiger partial charge in [-0.25, -0.2) is 0 Å². The van der Waals surface area contributed by atoms with Gasteiger partial charge in [0.1, 0.15) is 5.69 Å². The summed E-state index contributed by atoms with van der Waals surface area (Å²) in [6.07, 6.45) is 0. The molecule has 0 aliphatic carbocycles. The van der Waals surface area contributed by atoms with Gasteiger partial charge in [0.15, 0.2) is 0 Å². The van der Waals surface area contributed by atoms with Gasteiger partial charge >= 0.3 is 0 Å². The molecule has 7 heteroatoms. The zero-order chi connectivity index (χ0) is 11.4. The van der Waals surface area contributed by atoms with Crippen LogP contribution in [0.2, 0.25) is 0 Å². The summed E-state index contributed by atoms with van der Waals surface area (Å²) in [5.74, 6) is 1.37. The van der Waals surface area contributed by atoms with Crippen LogP contribution in [0, 0.1) is 0 Å². The monoisotopic (exact) mass is 221 g/mol. The molecule has 0 aliphatic rings. The zero-order valence-electron chi connectivity index (χ0n) is 8.97. The summed E-state index contributed by atoms with van der Waals surface area (Å²) < 4.78 is 9.89. The van der Waals surface area contributed by atoms with Gasteiger partial charge in [-0.1, -0.05) is 5.16 Å². The maximum absolute atomic E-state index is 4.99. The second-order valence-corrected chi connectivity index (χ2v) is 3.00. The van der Waals surface area contributed by atoms with Gasteiger partial charge in [0.2, 0.25) is 17.6 Å². The Balaban J connectivity index is 2.21. The van der Waals surface area contributed by atoms with Crippen molar-refractivity contribution >= 4 is 0 Å². The van der Waals surface area contributed by atoms with Gasteiger partial charge in [0.05, 0.1) is 13.7 Å². The van der Waals surface area contributed by atoms with Crippen LogP contribution in [-0.4, -0.2) is 34.5 Å². The maximum atomic E-state index is 4.99. The lowest BCUT2D eigenvalue weighted by Crippen LogP contribution is -2.05. The molecular weight excluding hydrogens is 210 g/mol. The fraction of sp³-hybridized carbons (Fsp3) is 0.333. The van der Waals surface area contributed by atoms with Crippen LogP contribution in [0.4, 0.5) is 0 Å². The zero-order valence-corrected chi connectivity index (χ0v) is 8.97. The molecular formula is C9H11N5O2. The highest BCUT2D eigenvalue weighted by atomic mass is 16.5. The summed E-state index contributed by atoms with van der Waals surface area (Å²) in [6, 6.07) is 3.41. The SMILES string of the molecule is CNCc1nc(-c2ccc(OC)nn2)no1. The van der Waals surface area contributed by atoms with E-state index in [-0.39, 0.29) is 0 Å². The summed E-state index contributed by atoms with van der Waals surface area (Å²) in [5.41, 5.74) is 0.548. The van der Waals surface area contributed by atoms with Gasteiger partial charge in [-0.05, 0) is 13.1 Å². The van der Waals surface area contributed by atoms with Gasteiger partial charge in [0.25, 0.3) is 0 Å². The fourth-order valence-electron chi connectivity index (χ4n) is 1.13. The number of hydrogen-bond acceptors (Lipinski definition) is 7. The molecule has 84 valence electrons. The number of nitrogens with one attached hydrogen (secondary N) is 1. The first-order chi connectivity index (χ1) is 7.83. The molecule has 0 aliphatic heterocycles. The van der Waals surface area contributed by atoms with Crippen LogP contribution in [0.3, 0.4) is 0 Å². The number of nitrogens with zero attached hydrogens (tertiary/aromatic N) is 4. The first-order valence-electron chi connectivity index (χ1n) is 4.68. The number of hydrogen-bond donors (Lipinski definition) is 1. The van der Waals surface area contributed by atoms with Crippen LogP contribution < -0.4 is 10.1 Å². The first-order valence-corrected chi connectivity index (χ1v) is 4.68. The average molecular weight is 221 g/mol. The van der Waals surface area contributed by atoms with Crippen molar-refractivity contribution in [1.29, 1.82) is 0 Å². The number of aromatic nitrogens is 4. The Morgan fingerprint density at radius 3 is 2.88 bits per heavy atom. The van der Waals surface area contributed by atoms with E-state index < -0.39 is 0 Å². The molecule has 0 radical (unpaired) electrons. The molecule has 0 bridgehead atoms. The quantitative estimate of drug-likeness (QED) is 0.792. The van der Waals surface area contributed by atoms with Gasteiger partial charge in [-0.3, -0.25) is 0 Å². The lowest BCUT2D eigenvalue weighted by atomic mass is 10.4. The summed E-state index contributed by atoms with van der Waals surface area (Å²) in [4.78, 5) is 4.14. The molecule has 0 saturated carbocycles. The molecule has 0 spiro atoms. The van der Waals surface area contributed by atoms with Crippen LogP contribution in [0.1, 0.15) is 5.89 Å². The van der Waals surface area contributed by atoms with E-state index in [4.69, 9.17) is 9.26 Å². The fourth-order valence-corrected chi connectivity index (χ4v) is 1.13. The standard InChI is InChI=1S/C9H11N5O2/c1-10-5-8-11-9(14-16-8)6-3-4-7(15-2)13-12-6/h3-4,10H,5H2,1-2H3. The molecule has 2 aromatic heterocycles. The van der Waals surface area contributed by atoms with Crippen molar-refractivity contribution in [3.8, 4) is 17.4 Å². The predicted molar refractivity (Wildman–Crippen MR) is 54.6 cm³/mol. The molecule has 0 amide bonds. The number of rotatable bonds is 4. The smallest absolute Gasteiger partial charge is 0.240 e. The Morgan fingerprint density at radius 1 is 1.38 bits per heavy atom. The lowest BCUT2D eigenvalue weighted by molar-refractivity contribution is 0.372. The van der Waals surface area contributed by atoms with Crippen LogP contribution in [0.15, 0.2) is 16.7 Å². The Hall–Kier alpha value is -2.02. The third-order valence-corrected chi connectivity index (χ3v) is 1.87. The predicted octanol–water partition coefficient (Wildman–Crippen LogP) is 0.255. The molecule has 0 aromatic carbocycles. The summed E-state index contributed by atoms with van der Waals surface area (Å²) in [5, 5.41) is 14.4. The number of ether oxygens (including phenoxy) is 1. The van der Waals surface area contributed by atoms with Crippen molar-refractivity contribution in [3.63, 3.8) is 0 Å². The second kappa shape index (κ2) is 4.67. The summed E-state index contributed by atoms with van der Waals surface area (Å²) >= 11 is 0. The van der Waals surface area contributed by atoms with E-state index in [2.05, 4.69) is 25.7 Å². The van der Waals surface area contributed by atoms with Crippen molar-refractivity contribution < 1.29 is 9.26 Å². The van der Waals surface area contributed by atoms with Crippen molar-refractivity contribution in [2.75, 3.05) is 14.2 Å². The molecule has 16 heavy (non-hydrogen) atoms. The third-order valence-electron chi connectivity index (χ3n) is 1.87. The second-order valence-electron chi connectivity index (χ2n) is 3.00. The van der Waals surface area contributed by atoms with E-state index in [1.54, 1.807) is 19.2 Å². The molecule has 2 rings (SSSR count). The van der Waals surface area contributed by atoms with Crippen molar-refractivity contribution in [2.24, 2.45) is 0 Å². The minimum absolute atomic E-state index is 0.417. The van der Waals surface area contributed by atoms with E-state index in [0.717, 1.165) is 0 Å². The molecule has 0 saturated heterocycles. The summed E-state index contributed by atoms with van der Waals surface area (Å²) in [7, 11) is 3.33. The van der Waals surface area contributed by atoms with Gasteiger partial charge in [0, 0.05) is 6.07 Å². The Bertz CT molecular complexity index is 453. The normalized spacial score (nSPS) is 10.4. The molecule has 2 heterocycles. The van der Waals surface area contributed by atoms with Crippen LogP contribution in [0.25, 0.3) is 11.5 Å². The van der Waals surface area contributed by atoms with E-state index >= 15 is 0 Å². The van der Waals surface area contributed by atoms with Crippen LogP contribution in [-0.2, 0) is 6.54 Å². The van der Waals surface area contributed by atoms with Crippen molar-refractivity contribution in [3.05, 3.63) is 18.0 Å². The molecule has 1 N–H and O–H groups in total. The van der Waals surface area contributed by atoms with E-state index in [9.17, 15) is 0 Å². The minimum Gasteiger partial charge on any atom is -0.480 e. The molecule has 7 nitrogen and oxygen atoms in total. The highest BCUT2D eigenvalue weighted by Gasteiger charge is 2.09. The van der Waals surface area contributed by atoms with Crippen LogP contribution >= 0.6 is 0 Å². The Morgan fingerprint density at radius 2 is 2.25 bits per heavy atom. The highest BCUT2D eigenvalue weighted by molar-refractivity contribution is 5.47. The van der Waals surface area contributed by atoms with Gasteiger partial charge < -0.3 is 14.6 Å². The Labute approximate surface area is 91.8 Å². The highest BCUT2D eigenvalue weighted by Crippen LogP contribution is 2.13. The van der Waals surface area contributed by atoms with E-state index in [1.807, 2.05) is 0 Å². The molecule has 2 aromatic rings. The molecule has 0 fully saturated rings. The maximum Gasteiger partial charge on any atom is 0.240 e. The summed E-state index contributed by atoms with van der Waals surface area (Å²) in [6.45, 7) is 0.524. The largest absolute Gasteiger partial charge is 0.480 e. The van der Waals surface area contributed by atoms with Crippen LogP contribution in [0.5, 0.6) is 5.88 Å². The lowest BCUT2D eigenvalue weighted by Gasteiger charge is -1.96. The topological polar surface area (TPSA) is 86.0 Å². The van der Waals surface area contributed by atoms with Crippen molar-refractivity contribution in [2.45, 2.75) is 6.54 Å². The first kappa shape index (κ1) is 10.5. The van der Waals surface area contributed by atoms with Crippen molar-refractivity contribution in [1.82, 2.24) is 25.7 Å². The molecule has 0 atom stereocenters. The van der Waals surface area contributed by atoms with Gasteiger partial charge in [-0.15, -0.1) is 10.2 Å². The van der Waals surface area contributed by atoms with E-state index in [1.165, 1.54) is 7.11 Å². The third kappa shape index (κ3) is 2.14. The Kier molecular flexibility index (Phi) is 3.06. The minimum atomic E-state index is 0.417. The van der Waals surface area contributed by atoms with Gasteiger partial charge in [-0.2, -0.15) is 4.98 Å². The average Bonchev–Trinajstić information content (AvgIpc) is 2.78. The number of methoxy groups -OCH3 is 1. The van der Waals surface area contributed by atoms with E-state index in [0.29, 0.717) is 29.8 Å².